The Morgan fingerprint density at radius 1 is 0.897 bits per heavy atom. The van der Waals surface area contributed by atoms with E-state index in [0.717, 1.165) is 31.2 Å². The van der Waals surface area contributed by atoms with Crippen LogP contribution in [0.4, 0.5) is 0 Å². The number of benzene rings is 1. The second-order valence-electron chi connectivity index (χ2n) is 7.71. The summed E-state index contributed by atoms with van der Waals surface area (Å²) in [5.74, 6) is 0.0330. The highest BCUT2D eigenvalue weighted by atomic mass is 16.3. The highest BCUT2D eigenvalue weighted by Gasteiger charge is 2.08. The van der Waals surface area contributed by atoms with Crippen molar-refractivity contribution in [2.75, 3.05) is 6.54 Å². The van der Waals surface area contributed by atoms with Crippen LogP contribution in [0.1, 0.15) is 95.6 Å². The lowest BCUT2D eigenvalue weighted by Crippen LogP contribution is -2.28. The number of aliphatic hydroxyl groups excluding tert-OH is 1. The van der Waals surface area contributed by atoms with E-state index in [1.807, 2.05) is 30.3 Å². The minimum Gasteiger partial charge on any atom is -0.387 e. The molecule has 0 aromatic heterocycles. The average Bonchev–Trinajstić information content (AvgIpc) is 2.75. The molecule has 1 aromatic rings. The van der Waals surface area contributed by atoms with Crippen LogP contribution >= 0.6 is 0 Å². The molecule has 3 nitrogen and oxygen atoms in total. The summed E-state index contributed by atoms with van der Waals surface area (Å²) in [6.07, 6.45) is 22.1. The summed E-state index contributed by atoms with van der Waals surface area (Å²) in [5.41, 5.74) is 0.838. The zero-order valence-electron chi connectivity index (χ0n) is 18.3. The Bertz CT molecular complexity index is 565. The molecule has 29 heavy (non-hydrogen) atoms. The van der Waals surface area contributed by atoms with Gasteiger partial charge in [-0.15, -0.1) is 0 Å². The summed E-state index contributed by atoms with van der Waals surface area (Å²) in [5, 5.41) is 12.9. The average molecular weight is 400 g/mol. The molecule has 0 saturated carbocycles. The van der Waals surface area contributed by atoms with Crippen molar-refractivity contribution in [2.45, 2.75) is 90.1 Å². The lowest BCUT2D eigenvalue weighted by molar-refractivity contribution is -0.121. The topological polar surface area (TPSA) is 49.3 Å². The molecule has 0 bridgehead atoms. The third-order valence-corrected chi connectivity index (χ3v) is 5.03. The zero-order chi connectivity index (χ0) is 21.0. The number of aliphatic hydroxyl groups is 1. The number of nitrogens with one attached hydrogen (secondary N) is 1. The van der Waals surface area contributed by atoms with E-state index in [0.29, 0.717) is 6.42 Å². The first-order valence-electron chi connectivity index (χ1n) is 11.5. The van der Waals surface area contributed by atoms with E-state index in [1.165, 1.54) is 44.9 Å². The van der Waals surface area contributed by atoms with Crippen molar-refractivity contribution in [3.8, 4) is 0 Å². The normalized spacial score (nSPS) is 12.6. The molecule has 1 rings (SSSR count). The Balaban J connectivity index is 1.90. The minimum absolute atomic E-state index is 0.0330. The number of rotatable bonds is 17. The number of carbonyl (C=O) groups is 1. The van der Waals surface area contributed by atoms with Gasteiger partial charge in [0.05, 0.1) is 6.10 Å². The molecule has 1 aromatic carbocycles. The van der Waals surface area contributed by atoms with Crippen molar-refractivity contribution in [3.05, 3.63) is 60.2 Å². The van der Waals surface area contributed by atoms with Crippen LogP contribution in [-0.2, 0) is 4.79 Å². The lowest BCUT2D eigenvalue weighted by Gasteiger charge is -2.12. The van der Waals surface area contributed by atoms with Crippen LogP contribution in [0, 0.1) is 0 Å². The predicted octanol–water partition coefficient (Wildman–Crippen LogP) is 6.65. The van der Waals surface area contributed by atoms with Crippen LogP contribution in [0.3, 0.4) is 0 Å². The third kappa shape index (κ3) is 14.7. The number of carbonyl (C=O) groups excluding carboxylic acids is 1. The first-order chi connectivity index (χ1) is 14.2. The van der Waals surface area contributed by atoms with Gasteiger partial charge in [0.2, 0.25) is 5.91 Å². The van der Waals surface area contributed by atoms with Crippen molar-refractivity contribution in [1.82, 2.24) is 5.32 Å². The quantitative estimate of drug-likeness (QED) is 0.227. The Morgan fingerprint density at radius 3 is 2.21 bits per heavy atom. The first-order valence-corrected chi connectivity index (χ1v) is 11.5. The smallest absolute Gasteiger partial charge is 0.220 e. The summed E-state index contributed by atoms with van der Waals surface area (Å²) >= 11 is 0. The molecular weight excluding hydrogens is 358 g/mol. The third-order valence-electron chi connectivity index (χ3n) is 5.03. The van der Waals surface area contributed by atoms with Gasteiger partial charge in [-0.05, 0) is 44.1 Å². The largest absolute Gasteiger partial charge is 0.387 e. The van der Waals surface area contributed by atoms with Crippen molar-refractivity contribution < 1.29 is 9.90 Å². The molecule has 0 aliphatic carbocycles. The van der Waals surface area contributed by atoms with Gasteiger partial charge in [-0.2, -0.15) is 0 Å². The number of hydrogen-bond acceptors (Lipinski definition) is 2. The van der Waals surface area contributed by atoms with Crippen LogP contribution in [0.2, 0.25) is 0 Å². The SMILES string of the molecule is CCCCCC=CCC=CCCCCCCCC(=O)NCC(O)c1ccccc1. The maximum atomic E-state index is 11.9. The van der Waals surface area contributed by atoms with Crippen molar-refractivity contribution in [2.24, 2.45) is 0 Å². The maximum Gasteiger partial charge on any atom is 0.220 e. The number of hydrogen-bond donors (Lipinski definition) is 2. The van der Waals surface area contributed by atoms with E-state index in [4.69, 9.17) is 0 Å². The highest BCUT2D eigenvalue weighted by molar-refractivity contribution is 5.75. The molecule has 1 amide bonds. The molecule has 0 radical (unpaired) electrons. The van der Waals surface area contributed by atoms with Gasteiger partial charge in [0.15, 0.2) is 0 Å². The second kappa shape index (κ2) is 18.2. The van der Waals surface area contributed by atoms with Crippen LogP contribution in [0.15, 0.2) is 54.6 Å². The molecule has 2 N–H and O–H groups in total. The predicted molar refractivity (Wildman–Crippen MR) is 124 cm³/mol. The van der Waals surface area contributed by atoms with Gasteiger partial charge < -0.3 is 10.4 Å². The molecule has 0 fully saturated rings. The number of unbranched alkanes of at least 4 members (excludes halogenated alkanes) is 8. The molecular formula is C26H41NO2. The fraction of sp³-hybridized carbons (Fsp3) is 0.577. The van der Waals surface area contributed by atoms with Gasteiger partial charge in [-0.25, -0.2) is 0 Å². The fourth-order valence-electron chi connectivity index (χ4n) is 3.19. The van der Waals surface area contributed by atoms with Gasteiger partial charge in [0, 0.05) is 13.0 Å². The van der Waals surface area contributed by atoms with Gasteiger partial charge in [0.1, 0.15) is 0 Å². The monoisotopic (exact) mass is 399 g/mol. The molecule has 0 aliphatic rings. The molecule has 1 unspecified atom stereocenters. The molecule has 3 heteroatoms. The molecule has 0 heterocycles. The first kappa shape index (κ1) is 25.2. The van der Waals surface area contributed by atoms with Gasteiger partial charge in [-0.1, -0.05) is 93.7 Å². The molecule has 1 atom stereocenters. The zero-order valence-corrected chi connectivity index (χ0v) is 18.3. The van der Waals surface area contributed by atoms with Gasteiger partial charge in [0.25, 0.3) is 0 Å². The Labute approximate surface area is 178 Å². The summed E-state index contributed by atoms with van der Waals surface area (Å²) in [4.78, 5) is 11.9. The van der Waals surface area contributed by atoms with Crippen molar-refractivity contribution in [1.29, 1.82) is 0 Å². The van der Waals surface area contributed by atoms with E-state index < -0.39 is 6.10 Å². The van der Waals surface area contributed by atoms with Gasteiger partial charge in [-0.3, -0.25) is 4.79 Å². The van der Waals surface area contributed by atoms with E-state index >= 15 is 0 Å². The lowest BCUT2D eigenvalue weighted by atomic mass is 10.1. The maximum absolute atomic E-state index is 11.9. The molecule has 0 spiro atoms. The summed E-state index contributed by atoms with van der Waals surface area (Å²) in [7, 11) is 0. The van der Waals surface area contributed by atoms with E-state index in [1.54, 1.807) is 0 Å². The Hall–Kier alpha value is -1.87. The Kier molecular flexibility index (Phi) is 15.8. The van der Waals surface area contributed by atoms with E-state index in [2.05, 4.69) is 36.5 Å². The summed E-state index contributed by atoms with van der Waals surface area (Å²) in [6.45, 7) is 2.52. The van der Waals surface area contributed by atoms with Crippen LogP contribution < -0.4 is 5.32 Å². The van der Waals surface area contributed by atoms with Crippen LogP contribution in [0.25, 0.3) is 0 Å². The van der Waals surface area contributed by atoms with Crippen molar-refractivity contribution in [3.63, 3.8) is 0 Å². The number of allylic oxidation sites excluding steroid dienone is 4. The molecule has 0 saturated heterocycles. The highest BCUT2D eigenvalue weighted by Crippen LogP contribution is 2.11. The van der Waals surface area contributed by atoms with Crippen molar-refractivity contribution >= 4 is 5.91 Å². The number of amides is 1. The van der Waals surface area contributed by atoms with Gasteiger partial charge >= 0.3 is 0 Å². The summed E-state index contributed by atoms with van der Waals surface area (Å²) in [6, 6.07) is 9.44. The van der Waals surface area contributed by atoms with Crippen LogP contribution in [0.5, 0.6) is 0 Å². The summed E-state index contributed by atoms with van der Waals surface area (Å²) < 4.78 is 0. The molecule has 0 aliphatic heterocycles. The Morgan fingerprint density at radius 2 is 1.52 bits per heavy atom. The fourth-order valence-corrected chi connectivity index (χ4v) is 3.19. The van der Waals surface area contributed by atoms with Crippen LogP contribution in [-0.4, -0.2) is 17.6 Å². The minimum atomic E-state index is -0.634. The molecule has 162 valence electrons. The van der Waals surface area contributed by atoms with E-state index in [9.17, 15) is 9.90 Å². The standard InChI is InChI=1S/C26H41NO2/c1-2-3-4-5-6-7-8-9-10-11-12-13-14-15-19-22-26(29)27-23-25(28)24-20-17-16-18-21-24/h6-7,9-10,16-18,20-21,25,28H,2-5,8,11-15,19,22-23H2,1H3,(H,27,29). The van der Waals surface area contributed by atoms with E-state index in [-0.39, 0.29) is 12.5 Å². The second-order valence-corrected chi connectivity index (χ2v) is 7.71.